The van der Waals surface area contributed by atoms with Gasteiger partial charge in [-0.3, -0.25) is 24.0 Å². The third-order valence-corrected chi connectivity index (χ3v) is 12.8. The molecule has 0 bridgehead atoms. The number of H-pyrrole nitrogens is 1. The quantitative estimate of drug-likeness (QED) is 0.0639. The first kappa shape index (κ1) is 42.9. The van der Waals surface area contributed by atoms with E-state index in [9.17, 15) is 28.8 Å². The van der Waals surface area contributed by atoms with Gasteiger partial charge in [0.05, 0.1) is 33.3 Å². The van der Waals surface area contributed by atoms with Gasteiger partial charge in [0.25, 0.3) is 17.4 Å². The molecule has 12 nitrogen and oxygen atoms in total. The zero-order valence-corrected chi connectivity index (χ0v) is 37.8. The minimum atomic E-state index is -1.55. The van der Waals surface area contributed by atoms with Crippen molar-refractivity contribution < 1.29 is 38.2 Å². The first-order valence-corrected chi connectivity index (χ1v) is 22.3. The van der Waals surface area contributed by atoms with Gasteiger partial charge in [-0.05, 0) is 172 Å². The first-order valence-electron chi connectivity index (χ1n) is 22.3. The Morgan fingerprint density at radius 3 is 1.76 bits per heavy atom. The van der Waals surface area contributed by atoms with Crippen molar-refractivity contribution in [3.8, 4) is 28.7 Å². The van der Waals surface area contributed by atoms with Crippen LogP contribution in [0, 0.1) is 41.5 Å². The highest BCUT2D eigenvalue weighted by Crippen LogP contribution is 2.45. The van der Waals surface area contributed by atoms with E-state index in [1.807, 2.05) is 84.0 Å². The number of rotatable bonds is 9. The molecule has 1 fully saturated rings. The molecule has 2 amide bonds. The van der Waals surface area contributed by atoms with Gasteiger partial charge in [-0.2, -0.15) is 0 Å². The molecule has 6 aromatic carbocycles. The zero-order chi connectivity index (χ0) is 47.0. The molecule has 3 aliphatic rings. The average Bonchev–Trinajstić information content (AvgIpc) is 3.95. The Balaban J connectivity index is 0.939. The normalized spacial score (nSPS) is 14.9. The van der Waals surface area contributed by atoms with Crippen molar-refractivity contribution in [1.82, 2.24) is 9.97 Å². The van der Waals surface area contributed by atoms with Gasteiger partial charge < -0.3 is 19.2 Å². The molecule has 1 aromatic heterocycles. The topological polar surface area (TPSA) is 162 Å². The van der Waals surface area contributed by atoms with E-state index in [4.69, 9.17) is 14.2 Å². The Labute approximate surface area is 385 Å². The Morgan fingerprint density at radius 1 is 0.597 bits per heavy atom. The van der Waals surface area contributed by atoms with E-state index in [1.54, 1.807) is 18.2 Å². The van der Waals surface area contributed by atoms with Crippen LogP contribution in [0.15, 0.2) is 102 Å². The number of hydrogen-bond acceptors (Lipinski definition) is 10. The molecule has 1 aliphatic heterocycles. The predicted octanol–water partition coefficient (Wildman–Crippen LogP) is 11.2. The van der Waals surface area contributed by atoms with Crippen LogP contribution in [0.4, 0.5) is 5.69 Å². The fraction of sp³-hybridized carbons (Fsp3) is 0.218. The van der Waals surface area contributed by atoms with Crippen LogP contribution in [0.1, 0.15) is 134 Å². The van der Waals surface area contributed by atoms with Crippen molar-refractivity contribution in [2.75, 3.05) is 4.90 Å². The lowest BCUT2D eigenvalue weighted by Crippen LogP contribution is -2.30. The van der Waals surface area contributed by atoms with Gasteiger partial charge in [0.2, 0.25) is 0 Å². The summed E-state index contributed by atoms with van der Waals surface area (Å²) in [6.07, 6.45) is 3.80. The number of aromatic nitrogens is 2. The molecule has 0 atom stereocenters. The third kappa shape index (κ3) is 7.77. The Bertz CT molecular complexity index is 3280. The van der Waals surface area contributed by atoms with E-state index >= 15 is 0 Å². The second kappa shape index (κ2) is 16.5. The molecule has 12 heteroatoms. The monoisotopic (exact) mass is 891 g/mol. The summed E-state index contributed by atoms with van der Waals surface area (Å²) in [4.78, 5) is 92.1. The number of aromatic amines is 1. The van der Waals surface area contributed by atoms with Crippen LogP contribution in [0.25, 0.3) is 10.9 Å². The van der Waals surface area contributed by atoms with Gasteiger partial charge in [0.15, 0.2) is 11.6 Å². The summed E-state index contributed by atoms with van der Waals surface area (Å²) in [5.74, 6) is -2.23. The van der Waals surface area contributed by atoms with Gasteiger partial charge in [-0.15, -0.1) is 0 Å². The summed E-state index contributed by atoms with van der Waals surface area (Å²) < 4.78 is 18.4. The number of aryl methyl sites for hydroxylation is 6. The van der Waals surface area contributed by atoms with Gasteiger partial charge in [0, 0.05) is 17.2 Å². The van der Waals surface area contributed by atoms with Crippen molar-refractivity contribution in [2.24, 2.45) is 0 Å². The fourth-order valence-corrected chi connectivity index (χ4v) is 9.91. The molecule has 0 unspecified atom stereocenters. The van der Waals surface area contributed by atoms with Crippen LogP contribution in [-0.2, 0) is 0 Å². The van der Waals surface area contributed by atoms with Crippen LogP contribution in [0.2, 0.25) is 0 Å². The second-order valence-electron chi connectivity index (χ2n) is 18.1. The van der Waals surface area contributed by atoms with Crippen LogP contribution in [-0.4, -0.2) is 39.3 Å². The lowest BCUT2D eigenvalue weighted by molar-refractivity contribution is 0.0733. The van der Waals surface area contributed by atoms with E-state index in [-0.39, 0.29) is 50.5 Å². The smallest absolute Gasteiger partial charge is 0.343 e. The largest absolute Gasteiger partial charge is 0.457 e. The van der Waals surface area contributed by atoms with Crippen LogP contribution >= 0.6 is 0 Å². The van der Waals surface area contributed by atoms with Crippen LogP contribution in [0.5, 0.6) is 28.7 Å². The number of amides is 2. The Morgan fingerprint density at radius 2 is 1.16 bits per heavy atom. The first-order chi connectivity index (χ1) is 32.1. The number of benzene rings is 6. The molecule has 334 valence electrons. The molecule has 0 spiro atoms. The number of hydrogen-bond donors (Lipinski definition) is 1. The maximum Gasteiger partial charge on any atom is 0.343 e. The number of imide groups is 1. The predicted molar refractivity (Wildman–Crippen MR) is 252 cm³/mol. The highest BCUT2D eigenvalue weighted by atomic mass is 16.5. The SMILES string of the molecule is Cc1cc(C)cc(OC(=O)c2ccc3c(=O)[nH]c(C4C(=O)c5cc6c(cc5C4=O)C(=O)N(c4cc(Oc5c(C)cc(Oc7cc(C)cc(C)c7)cc5C)ccc4C4CCCC4)C6=O)nc3c2)c1. The minimum Gasteiger partial charge on any atom is -0.457 e. The lowest BCUT2D eigenvalue weighted by atomic mass is 9.95. The van der Waals surface area contributed by atoms with Crippen LogP contribution in [0.3, 0.4) is 0 Å². The molecule has 10 rings (SSSR count). The van der Waals surface area contributed by atoms with Crippen molar-refractivity contribution in [1.29, 1.82) is 0 Å². The van der Waals surface area contributed by atoms with E-state index in [1.165, 1.54) is 30.3 Å². The maximum atomic E-state index is 14.5. The molecule has 67 heavy (non-hydrogen) atoms. The Kier molecular flexibility index (Phi) is 10.6. The summed E-state index contributed by atoms with van der Waals surface area (Å²) in [5, 5.41) is 0.130. The van der Waals surface area contributed by atoms with E-state index < -0.39 is 40.8 Å². The summed E-state index contributed by atoms with van der Waals surface area (Å²) in [6.45, 7) is 11.7. The number of nitrogens with zero attached hydrogens (tertiary/aromatic N) is 2. The molecule has 2 aliphatic carbocycles. The molecule has 0 saturated heterocycles. The number of fused-ring (bicyclic) bond motifs is 3. The highest BCUT2D eigenvalue weighted by molar-refractivity contribution is 6.37. The second-order valence-corrected chi connectivity index (χ2v) is 18.1. The molecule has 0 radical (unpaired) electrons. The number of carbonyl (C=O) groups is 5. The van der Waals surface area contributed by atoms with Gasteiger partial charge in [-0.25, -0.2) is 14.7 Å². The van der Waals surface area contributed by atoms with Crippen molar-refractivity contribution in [3.63, 3.8) is 0 Å². The lowest BCUT2D eigenvalue weighted by Gasteiger charge is -2.23. The standard InChI is InChI=1S/C55H45N3O9/c1-27-15-28(2)18-36(17-27)65-38-21-31(5)50(32(6)22-38)66-35-12-14-39(33-9-7-8-10-33)46(24-35)58-53(62)43-25-41-42(26-44(43)54(58)63)49(60)47(48(41)59)51-56-45-23-34(11-13-40(45)52(61)57-51)55(64)67-37-19-29(3)16-30(4)20-37/h11-26,33,47H,7-10H2,1-6H3,(H,56,57,61). The molecular formula is C55H45N3O9. The van der Waals surface area contributed by atoms with Crippen molar-refractivity contribution in [2.45, 2.75) is 79.1 Å². The molecule has 7 aromatic rings. The minimum absolute atomic E-state index is 0.0211. The number of ether oxygens (including phenoxy) is 3. The Hall–Kier alpha value is -7.99. The van der Waals surface area contributed by atoms with E-state index in [2.05, 4.69) is 16.0 Å². The van der Waals surface area contributed by atoms with Gasteiger partial charge >= 0.3 is 5.97 Å². The zero-order valence-electron chi connectivity index (χ0n) is 37.8. The molecule has 1 N–H and O–H groups in total. The number of ketones is 2. The van der Waals surface area contributed by atoms with Crippen molar-refractivity contribution >= 4 is 45.9 Å². The van der Waals surface area contributed by atoms with E-state index in [0.717, 1.165) is 75.3 Å². The van der Waals surface area contributed by atoms with Gasteiger partial charge in [-0.1, -0.05) is 31.0 Å². The average molecular weight is 892 g/mol. The number of anilines is 1. The molecule has 1 saturated carbocycles. The molecular weight excluding hydrogens is 847 g/mol. The maximum absolute atomic E-state index is 14.5. The van der Waals surface area contributed by atoms with Crippen molar-refractivity contribution in [3.05, 3.63) is 180 Å². The van der Waals surface area contributed by atoms with E-state index in [0.29, 0.717) is 28.7 Å². The number of carbonyl (C=O) groups excluding carboxylic acids is 5. The number of esters is 1. The summed E-state index contributed by atoms with van der Waals surface area (Å²) in [5.41, 5.74) is 6.27. The summed E-state index contributed by atoms with van der Waals surface area (Å²) in [7, 11) is 0. The van der Waals surface area contributed by atoms with Crippen LogP contribution < -0.4 is 24.7 Å². The highest BCUT2D eigenvalue weighted by Gasteiger charge is 2.46. The fourth-order valence-electron chi connectivity index (χ4n) is 9.91. The number of nitrogens with one attached hydrogen (secondary N) is 1. The summed E-state index contributed by atoms with van der Waals surface area (Å²) in [6, 6.07) is 27.6. The number of Topliss-reactive ketones (excluding diaryl/α,β-unsaturated/α-hetero) is 2. The third-order valence-electron chi connectivity index (χ3n) is 12.8. The summed E-state index contributed by atoms with van der Waals surface area (Å²) >= 11 is 0. The molecule has 2 heterocycles. The van der Waals surface area contributed by atoms with Gasteiger partial charge in [0.1, 0.15) is 40.5 Å².